The van der Waals surface area contributed by atoms with Gasteiger partial charge in [0, 0.05) is 12.6 Å². The summed E-state index contributed by atoms with van der Waals surface area (Å²) >= 11 is 7.46. The minimum absolute atomic E-state index is 0.172. The molecule has 2 heterocycles. The molecule has 1 N–H and O–H groups in total. The Morgan fingerprint density at radius 1 is 1.62 bits per heavy atom. The zero-order valence-electron chi connectivity index (χ0n) is 9.24. The molecule has 0 radical (unpaired) electrons. The van der Waals surface area contributed by atoms with Crippen LogP contribution in [0.1, 0.15) is 18.5 Å². The molecule has 90 valence electrons. The molecule has 2 unspecified atom stereocenters. The first kappa shape index (κ1) is 12.3. The van der Waals surface area contributed by atoms with Gasteiger partial charge in [-0.25, -0.2) is 0 Å². The Hall–Kier alpha value is -0.130. The summed E-state index contributed by atoms with van der Waals surface area (Å²) in [5.74, 6) is 0. The predicted octanol–water partition coefficient (Wildman–Crippen LogP) is 2.47. The first-order chi connectivity index (χ1) is 7.75. The van der Waals surface area contributed by atoms with Crippen LogP contribution in [0, 0.1) is 0 Å². The van der Waals surface area contributed by atoms with E-state index in [1.165, 1.54) is 5.56 Å². The van der Waals surface area contributed by atoms with E-state index in [4.69, 9.17) is 21.1 Å². The molecule has 1 aliphatic heterocycles. The van der Waals surface area contributed by atoms with E-state index in [2.05, 4.69) is 17.6 Å². The number of thiophene rings is 1. The molecule has 5 heteroatoms. The van der Waals surface area contributed by atoms with Gasteiger partial charge in [0.25, 0.3) is 0 Å². The zero-order chi connectivity index (χ0) is 11.4. The van der Waals surface area contributed by atoms with Crippen molar-refractivity contribution < 1.29 is 9.47 Å². The minimum atomic E-state index is 0.172. The van der Waals surface area contributed by atoms with Gasteiger partial charge in [0.15, 0.2) is 0 Å². The van der Waals surface area contributed by atoms with Gasteiger partial charge in [0.1, 0.15) is 0 Å². The van der Waals surface area contributed by atoms with Crippen molar-refractivity contribution in [2.75, 3.05) is 26.4 Å². The van der Waals surface area contributed by atoms with E-state index in [0.717, 1.165) is 10.9 Å². The Balaban J connectivity index is 1.76. The molecule has 1 aliphatic rings. The summed E-state index contributed by atoms with van der Waals surface area (Å²) in [6, 6.07) is 2.30. The molecule has 2 rings (SSSR count). The van der Waals surface area contributed by atoms with E-state index in [9.17, 15) is 0 Å². The topological polar surface area (TPSA) is 30.5 Å². The van der Waals surface area contributed by atoms with Crippen molar-refractivity contribution in [3.05, 3.63) is 21.3 Å². The third kappa shape index (κ3) is 3.43. The number of hydrogen-bond donors (Lipinski definition) is 1. The summed E-state index contributed by atoms with van der Waals surface area (Å²) in [7, 11) is 0. The van der Waals surface area contributed by atoms with Crippen molar-refractivity contribution in [2.45, 2.75) is 19.1 Å². The third-order valence-corrected chi connectivity index (χ3v) is 3.73. The molecule has 0 aromatic carbocycles. The summed E-state index contributed by atoms with van der Waals surface area (Å²) in [5, 5.41) is 5.51. The Bertz CT molecular complexity index is 326. The highest BCUT2D eigenvalue weighted by atomic mass is 35.5. The Morgan fingerprint density at radius 3 is 3.12 bits per heavy atom. The van der Waals surface area contributed by atoms with E-state index < -0.39 is 0 Å². The van der Waals surface area contributed by atoms with E-state index in [-0.39, 0.29) is 6.10 Å². The second-order valence-corrected chi connectivity index (χ2v) is 5.42. The van der Waals surface area contributed by atoms with Crippen LogP contribution in [-0.4, -0.2) is 32.5 Å². The number of halogens is 1. The number of hydrogen-bond acceptors (Lipinski definition) is 4. The number of ether oxygens (including phenoxy) is 2. The van der Waals surface area contributed by atoms with Gasteiger partial charge in [-0.3, -0.25) is 0 Å². The number of rotatable bonds is 4. The fourth-order valence-corrected chi connectivity index (χ4v) is 2.62. The van der Waals surface area contributed by atoms with E-state index in [1.807, 2.05) is 6.07 Å². The third-order valence-electron chi connectivity index (χ3n) is 2.62. The van der Waals surface area contributed by atoms with Crippen LogP contribution in [0.3, 0.4) is 0 Å². The maximum atomic E-state index is 5.90. The molecule has 0 aliphatic carbocycles. The highest BCUT2D eigenvalue weighted by Gasteiger charge is 2.15. The molecule has 1 aromatic rings. The monoisotopic (exact) mass is 261 g/mol. The minimum Gasteiger partial charge on any atom is -0.376 e. The Kier molecular flexibility index (Phi) is 4.61. The lowest BCUT2D eigenvalue weighted by Gasteiger charge is -2.24. The average molecular weight is 262 g/mol. The van der Waals surface area contributed by atoms with Crippen LogP contribution in [0.15, 0.2) is 11.4 Å². The van der Waals surface area contributed by atoms with Crippen LogP contribution in [-0.2, 0) is 9.47 Å². The van der Waals surface area contributed by atoms with Gasteiger partial charge < -0.3 is 14.8 Å². The molecule has 16 heavy (non-hydrogen) atoms. The fraction of sp³-hybridized carbons (Fsp3) is 0.636. The van der Waals surface area contributed by atoms with Crippen molar-refractivity contribution in [1.29, 1.82) is 0 Å². The molecule has 1 saturated heterocycles. The molecule has 0 amide bonds. The van der Waals surface area contributed by atoms with Crippen LogP contribution in [0.25, 0.3) is 0 Å². The van der Waals surface area contributed by atoms with Crippen LogP contribution < -0.4 is 5.32 Å². The highest BCUT2D eigenvalue weighted by molar-refractivity contribution is 7.14. The number of nitrogens with one attached hydrogen (secondary N) is 1. The summed E-state index contributed by atoms with van der Waals surface area (Å²) in [5.41, 5.74) is 1.23. The lowest BCUT2D eigenvalue weighted by molar-refractivity contribution is -0.0869. The van der Waals surface area contributed by atoms with Gasteiger partial charge in [0.05, 0.1) is 30.3 Å². The van der Waals surface area contributed by atoms with Crippen molar-refractivity contribution >= 4 is 22.9 Å². The van der Waals surface area contributed by atoms with E-state index in [1.54, 1.807) is 11.3 Å². The summed E-state index contributed by atoms with van der Waals surface area (Å²) in [6.07, 6.45) is 0.172. The van der Waals surface area contributed by atoms with Crippen LogP contribution in [0.4, 0.5) is 0 Å². The molecule has 2 atom stereocenters. The largest absolute Gasteiger partial charge is 0.376 e. The summed E-state index contributed by atoms with van der Waals surface area (Å²) in [6.45, 7) is 5.04. The average Bonchev–Trinajstić information content (AvgIpc) is 2.74. The molecule has 1 fully saturated rings. The summed E-state index contributed by atoms with van der Waals surface area (Å²) < 4.78 is 11.7. The maximum absolute atomic E-state index is 5.90. The second-order valence-electron chi connectivity index (χ2n) is 3.88. The van der Waals surface area contributed by atoms with E-state index >= 15 is 0 Å². The first-order valence-corrected chi connectivity index (χ1v) is 6.68. The molecule has 0 bridgehead atoms. The lowest BCUT2D eigenvalue weighted by atomic mass is 10.2. The van der Waals surface area contributed by atoms with Crippen LogP contribution in [0.5, 0.6) is 0 Å². The van der Waals surface area contributed by atoms with Gasteiger partial charge in [-0.05, 0) is 23.9 Å². The van der Waals surface area contributed by atoms with Gasteiger partial charge in [-0.2, -0.15) is 0 Å². The molecular formula is C11H16ClNO2S. The molecular weight excluding hydrogens is 246 g/mol. The van der Waals surface area contributed by atoms with Gasteiger partial charge in [0.2, 0.25) is 0 Å². The van der Waals surface area contributed by atoms with Gasteiger partial charge in [-0.1, -0.05) is 11.6 Å². The highest BCUT2D eigenvalue weighted by Crippen LogP contribution is 2.24. The standard InChI is InChI=1S/C11H16ClNO2S/c1-8(9-4-11(12)16-7-9)13-5-10-6-14-2-3-15-10/h4,7-8,10,13H,2-3,5-6H2,1H3. The van der Waals surface area contributed by atoms with Crippen molar-refractivity contribution in [1.82, 2.24) is 5.32 Å². The normalized spacial score (nSPS) is 23.2. The van der Waals surface area contributed by atoms with Crippen molar-refractivity contribution in [3.63, 3.8) is 0 Å². The first-order valence-electron chi connectivity index (χ1n) is 5.42. The summed E-state index contributed by atoms with van der Waals surface area (Å²) in [4.78, 5) is 0. The molecule has 0 saturated carbocycles. The van der Waals surface area contributed by atoms with Gasteiger partial charge in [-0.15, -0.1) is 11.3 Å². The fourth-order valence-electron chi connectivity index (χ4n) is 1.63. The van der Waals surface area contributed by atoms with Crippen LogP contribution in [0.2, 0.25) is 4.34 Å². The lowest BCUT2D eigenvalue weighted by Crippen LogP contribution is -2.38. The molecule has 0 spiro atoms. The van der Waals surface area contributed by atoms with Crippen molar-refractivity contribution in [2.24, 2.45) is 0 Å². The van der Waals surface area contributed by atoms with E-state index in [0.29, 0.717) is 25.9 Å². The Morgan fingerprint density at radius 2 is 2.50 bits per heavy atom. The predicted molar refractivity (Wildman–Crippen MR) is 66.3 cm³/mol. The quantitative estimate of drug-likeness (QED) is 0.903. The SMILES string of the molecule is CC(NCC1COCCO1)c1csc(Cl)c1. The van der Waals surface area contributed by atoms with Gasteiger partial charge >= 0.3 is 0 Å². The van der Waals surface area contributed by atoms with Crippen LogP contribution >= 0.6 is 22.9 Å². The maximum Gasteiger partial charge on any atom is 0.0933 e. The molecule has 3 nitrogen and oxygen atoms in total. The molecule has 1 aromatic heterocycles. The zero-order valence-corrected chi connectivity index (χ0v) is 10.8. The smallest absolute Gasteiger partial charge is 0.0933 e. The Labute approximate surface area is 105 Å². The van der Waals surface area contributed by atoms with Crippen molar-refractivity contribution in [3.8, 4) is 0 Å². The second kappa shape index (κ2) is 5.98.